The van der Waals surface area contributed by atoms with E-state index in [9.17, 15) is 0 Å². The Kier molecular flexibility index (Phi) is 7.04. The summed E-state index contributed by atoms with van der Waals surface area (Å²) in [4.78, 5) is 9.45. The van der Waals surface area contributed by atoms with Gasteiger partial charge in [0.1, 0.15) is 12.1 Å². The Balaban J connectivity index is 1.89. The number of hydrogen-bond acceptors (Lipinski definition) is 6. The molecule has 0 bridgehead atoms. The molecule has 2 heterocycles. The first-order valence-corrected chi connectivity index (χ1v) is 9.06. The Morgan fingerprint density at radius 3 is 2.29 bits per heavy atom. The van der Waals surface area contributed by atoms with Crippen LogP contribution in [0.15, 0.2) is 9.98 Å². The van der Waals surface area contributed by atoms with Gasteiger partial charge in [0.15, 0.2) is 5.79 Å². The highest BCUT2D eigenvalue weighted by molar-refractivity contribution is 5.94. The zero-order valence-corrected chi connectivity index (χ0v) is 15.7. The standard InChI is InChI=1S/C18H32N2O4/c1-6-18(23-11-12-24-18)10-8-7-9-14-16(21-4)20-15(13(2)3)17(19-14)22-5/h13-15H,6-12H2,1-5H3/t14-,15+/m0/s1. The van der Waals surface area contributed by atoms with E-state index in [0.717, 1.165) is 32.1 Å². The number of hydrogen-bond donors (Lipinski definition) is 0. The first-order valence-electron chi connectivity index (χ1n) is 9.06. The van der Waals surface area contributed by atoms with Crippen molar-refractivity contribution in [2.45, 2.75) is 70.7 Å². The number of aliphatic imine (C=N–C) groups is 2. The first kappa shape index (κ1) is 19.2. The molecule has 0 spiro atoms. The molecule has 24 heavy (non-hydrogen) atoms. The third-order valence-corrected chi connectivity index (χ3v) is 4.77. The van der Waals surface area contributed by atoms with Crippen molar-refractivity contribution in [2.75, 3.05) is 27.4 Å². The Labute approximate surface area is 145 Å². The lowest BCUT2D eigenvalue weighted by Crippen LogP contribution is -2.37. The minimum absolute atomic E-state index is 0.0511. The van der Waals surface area contributed by atoms with Crippen molar-refractivity contribution in [3.05, 3.63) is 0 Å². The second-order valence-corrected chi connectivity index (χ2v) is 6.75. The highest BCUT2D eigenvalue weighted by atomic mass is 16.7. The maximum absolute atomic E-state index is 5.78. The third-order valence-electron chi connectivity index (χ3n) is 4.77. The topological polar surface area (TPSA) is 61.6 Å². The Morgan fingerprint density at radius 2 is 1.75 bits per heavy atom. The SMILES string of the molecule is CCC1(CCCC[C@@H]2N=C(OC)[C@@H](C(C)C)N=C2OC)OCCO1. The molecule has 6 nitrogen and oxygen atoms in total. The van der Waals surface area contributed by atoms with Crippen molar-refractivity contribution in [3.63, 3.8) is 0 Å². The van der Waals surface area contributed by atoms with Crippen LogP contribution in [0.1, 0.15) is 52.9 Å². The molecule has 2 atom stereocenters. The average Bonchev–Trinajstić information content (AvgIpc) is 3.07. The molecule has 0 aromatic heterocycles. The molecule has 2 rings (SSSR count). The molecule has 1 fully saturated rings. The van der Waals surface area contributed by atoms with Crippen molar-refractivity contribution >= 4 is 11.8 Å². The van der Waals surface area contributed by atoms with E-state index in [0.29, 0.717) is 30.9 Å². The highest BCUT2D eigenvalue weighted by Gasteiger charge is 2.34. The fraction of sp³-hybridized carbons (Fsp3) is 0.889. The predicted octanol–water partition coefficient (Wildman–Crippen LogP) is 3.20. The zero-order chi connectivity index (χ0) is 17.6. The van der Waals surface area contributed by atoms with Crippen molar-refractivity contribution in [1.29, 1.82) is 0 Å². The third kappa shape index (κ3) is 4.48. The quantitative estimate of drug-likeness (QED) is 0.668. The van der Waals surface area contributed by atoms with Crippen LogP contribution in [-0.4, -0.2) is 57.1 Å². The summed E-state index contributed by atoms with van der Waals surface area (Å²) in [7, 11) is 3.33. The number of nitrogens with zero attached hydrogens (tertiary/aromatic N) is 2. The van der Waals surface area contributed by atoms with Crippen LogP contribution >= 0.6 is 0 Å². The molecule has 0 aromatic carbocycles. The van der Waals surface area contributed by atoms with Crippen LogP contribution in [0.4, 0.5) is 0 Å². The fourth-order valence-electron chi connectivity index (χ4n) is 3.30. The number of methoxy groups -OCH3 is 2. The summed E-state index contributed by atoms with van der Waals surface area (Å²) in [6, 6.07) is -0.104. The van der Waals surface area contributed by atoms with E-state index in [4.69, 9.17) is 28.9 Å². The Bertz CT molecular complexity index is 456. The summed E-state index contributed by atoms with van der Waals surface area (Å²) in [5.74, 6) is 1.39. The minimum atomic E-state index is -0.367. The van der Waals surface area contributed by atoms with Gasteiger partial charge in [-0.3, -0.25) is 0 Å². The zero-order valence-electron chi connectivity index (χ0n) is 15.7. The molecule has 0 saturated carbocycles. The lowest BCUT2D eigenvalue weighted by atomic mass is 10.00. The van der Waals surface area contributed by atoms with Gasteiger partial charge in [0.05, 0.1) is 27.4 Å². The summed E-state index contributed by atoms with van der Waals surface area (Å²) < 4.78 is 22.5. The van der Waals surface area contributed by atoms with E-state index in [1.807, 2.05) is 0 Å². The van der Waals surface area contributed by atoms with Gasteiger partial charge in [-0.2, -0.15) is 0 Å². The molecule has 2 aliphatic rings. The van der Waals surface area contributed by atoms with E-state index < -0.39 is 0 Å². The molecular formula is C18H32N2O4. The van der Waals surface area contributed by atoms with Crippen LogP contribution in [0.5, 0.6) is 0 Å². The molecule has 0 aliphatic carbocycles. The molecular weight excluding hydrogens is 308 g/mol. The van der Waals surface area contributed by atoms with Gasteiger partial charge >= 0.3 is 0 Å². The molecule has 0 amide bonds. The molecule has 1 saturated heterocycles. The van der Waals surface area contributed by atoms with Gasteiger partial charge in [0.25, 0.3) is 0 Å². The van der Waals surface area contributed by atoms with E-state index in [1.165, 1.54) is 0 Å². The van der Waals surface area contributed by atoms with E-state index in [1.54, 1.807) is 14.2 Å². The van der Waals surface area contributed by atoms with Crippen molar-refractivity contribution in [2.24, 2.45) is 15.9 Å². The number of rotatable bonds is 7. The largest absolute Gasteiger partial charge is 0.483 e. The van der Waals surface area contributed by atoms with Gasteiger partial charge in [0.2, 0.25) is 11.8 Å². The predicted molar refractivity (Wildman–Crippen MR) is 94.7 cm³/mol. The van der Waals surface area contributed by atoms with Crippen molar-refractivity contribution < 1.29 is 18.9 Å². The smallest absolute Gasteiger partial charge is 0.209 e. The molecule has 6 heteroatoms. The highest BCUT2D eigenvalue weighted by Crippen LogP contribution is 2.29. The molecule has 2 aliphatic heterocycles. The minimum Gasteiger partial charge on any atom is -0.483 e. The molecule has 0 unspecified atom stereocenters. The summed E-state index contributed by atoms with van der Waals surface area (Å²) in [5, 5.41) is 0. The summed E-state index contributed by atoms with van der Waals surface area (Å²) >= 11 is 0. The Morgan fingerprint density at radius 1 is 1.08 bits per heavy atom. The van der Waals surface area contributed by atoms with Crippen molar-refractivity contribution in [3.8, 4) is 0 Å². The van der Waals surface area contributed by atoms with E-state index in [2.05, 4.69) is 20.8 Å². The molecule has 0 aromatic rings. The first-order chi connectivity index (χ1) is 11.5. The van der Waals surface area contributed by atoms with Crippen LogP contribution < -0.4 is 0 Å². The number of ether oxygens (including phenoxy) is 4. The van der Waals surface area contributed by atoms with Gasteiger partial charge in [-0.25, -0.2) is 9.98 Å². The van der Waals surface area contributed by atoms with Gasteiger partial charge in [-0.1, -0.05) is 27.2 Å². The number of unbranched alkanes of at least 4 members (excludes halogenated alkanes) is 1. The van der Waals surface area contributed by atoms with Gasteiger partial charge < -0.3 is 18.9 Å². The molecule has 0 radical (unpaired) electrons. The van der Waals surface area contributed by atoms with E-state index in [-0.39, 0.29) is 17.9 Å². The second kappa shape index (κ2) is 8.81. The second-order valence-electron chi connectivity index (χ2n) is 6.75. The summed E-state index contributed by atoms with van der Waals surface area (Å²) in [5.41, 5.74) is 0. The van der Waals surface area contributed by atoms with Gasteiger partial charge in [-0.15, -0.1) is 0 Å². The summed E-state index contributed by atoms with van der Waals surface area (Å²) in [6.45, 7) is 7.75. The van der Waals surface area contributed by atoms with Crippen LogP contribution in [-0.2, 0) is 18.9 Å². The maximum Gasteiger partial charge on any atom is 0.209 e. The van der Waals surface area contributed by atoms with Crippen molar-refractivity contribution in [1.82, 2.24) is 0 Å². The fourth-order valence-corrected chi connectivity index (χ4v) is 3.30. The maximum atomic E-state index is 5.78. The van der Waals surface area contributed by atoms with Crippen LogP contribution in [0, 0.1) is 5.92 Å². The van der Waals surface area contributed by atoms with Crippen LogP contribution in [0.2, 0.25) is 0 Å². The average molecular weight is 340 g/mol. The van der Waals surface area contributed by atoms with Crippen LogP contribution in [0.25, 0.3) is 0 Å². The molecule has 138 valence electrons. The van der Waals surface area contributed by atoms with E-state index >= 15 is 0 Å². The molecule has 0 N–H and O–H groups in total. The Hall–Kier alpha value is -1.14. The monoisotopic (exact) mass is 340 g/mol. The lowest BCUT2D eigenvalue weighted by Gasteiger charge is -2.28. The summed E-state index contributed by atoms with van der Waals surface area (Å²) in [6.07, 6.45) is 4.76. The van der Waals surface area contributed by atoms with Gasteiger partial charge in [0, 0.05) is 6.42 Å². The van der Waals surface area contributed by atoms with Crippen LogP contribution in [0.3, 0.4) is 0 Å². The van der Waals surface area contributed by atoms with Gasteiger partial charge in [-0.05, 0) is 25.2 Å². The lowest BCUT2D eigenvalue weighted by molar-refractivity contribution is -0.164. The normalized spacial score (nSPS) is 26.2.